The van der Waals surface area contributed by atoms with Gasteiger partial charge in [0.2, 0.25) is 0 Å². The van der Waals surface area contributed by atoms with Gasteiger partial charge in [0.15, 0.2) is 0 Å². The summed E-state index contributed by atoms with van der Waals surface area (Å²) in [5.41, 5.74) is 2.53. The monoisotopic (exact) mass is 101 g/mol. The van der Waals surface area contributed by atoms with Crippen LogP contribution in [0.25, 0.3) is 0 Å². The molecule has 0 saturated heterocycles. The Balaban J connectivity index is 3.14. The Labute approximate surface area is 58.7 Å². The van der Waals surface area contributed by atoms with Crippen molar-refractivity contribution in [2.24, 2.45) is 0 Å². The van der Waals surface area contributed by atoms with E-state index in [1.807, 2.05) is 0 Å². The Morgan fingerprint density at radius 3 is 2.25 bits per heavy atom. The van der Waals surface area contributed by atoms with Crippen LogP contribution in [-0.2, 0) is 0 Å². The van der Waals surface area contributed by atoms with E-state index in [2.05, 4.69) is 42.6 Å². The van der Waals surface area contributed by atoms with Gasteiger partial charge in [-0.2, -0.15) is 0 Å². The molecule has 1 N–H and O–H groups in total. The van der Waals surface area contributed by atoms with E-state index >= 15 is 0 Å². The van der Waals surface area contributed by atoms with E-state index in [4.69, 9.17) is 0 Å². The van der Waals surface area contributed by atoms with E-state index in [9.17, 15) is 0 Å². The number of aryl methyl sites for hydroxylation is 2. The average Bonchev–Trinajstić information content (AvgIpc) is 1.85. The van der Waals surface area contributed by atoms with Crippen LogP contribution < -0.4 is 4.24 Å². The number of nitrogens with one attached hydrogen (secondary N) is 1. The van der Waals surface area contributed by atoms with Crippen molar-refractivity contribution in [3.05, 3.63) is 17.5 Å². The Bertz CT molecular complexity index is 171. The topological polar surface area (TPSA) is 15.8 Å². The number of aromatic nitrogens is 1. The molecule has 0 radical (unpaired) electrons. The number of aromatic amines is 1. The van der Waals surface area contributed by atoms with Gasteiger partial charge >= 0.3 is 58.2 Å². The van der Waals surface area contributed by atoms with Crippen LogP contribution in [0.1, 0.15) is 11.4 Å². The maximum atomic E-state index is 3.21. The summed E-state index contributed by atoms with van der Waals surface area (Å²) in [7, 11) is 0. The third-order valence-electron chi connectivity index (χ3n) is 1.41. The Hall–Kier alpha value is -0.123. The van der Waals surface area contributed by atoms with E-state index < -0.39 is 0 Å². The molecule has 1 aromatic heterocycles. The quantitative estimate of drug-likeness (QED) is 0.456. The van der Waals surface area contributed by atoms with Gasteiger partial charge in [0.25, 0.3) is 0 Å². The molecule has 1 aromatic rings. The normalized spacial score (nSPS) is 10.0. The van der Waals surface area contributed by atoms with Gasteiger partial charge in [-0.3, -0.25) is 0 Å². The average molecular weight is 101 g/mol. The number of rotatable bonds is 0. The number of hydrogen-bond acceptors (Lipinski definition) is 0. The zero-order valence-corrected chi connectivity index (χ0v) is 5.58. The molecule has 0 saturated carbocycles. The van der Waals surface area contributed by atoms with Gasteiger partial charge in [0.1, 0.15) is 0 Å². The van der Waals surface area contributed by atoms with Crippen LogP contribution in [0.2, 0.25) is 0 Å². The molecular formula is C6H8LiN. The van der Waals surface area contributed by atoms with Crippen LogP contribution in [0.15, 0.2) is 6.07 Å². The van der Waals surface area contributed by atoms with Crippen molar-refractivity contribution in [3.63, 3.8) is 0 Å². The second-order valence-electron chi connectivity index (χ2n) is 2.26. The molecule has 0 aliphatic heterocycles. The van der Waals surface area contributed by atoms with Crippen molar-refractivity contribution < 1.29 is 0 Å². The molecule has 8 heavy (non-hydrogen) atoms. The van der Waals surface area contributed by atoms with Crippen molar-refractivity contribution in [2.75, 3.05) is 0 Å². The molecule has 1 heterocycles. The minimum atomic E-state index is 1.25. The van der Waals surface area contributed by atoms with Crippen molar-refractivity contribution in [2.45, 2.75) is 13.8 Å². The number of hydrogen-bond donors (Lipinski definition) is 1. The zero-order valence-electron chi connectivity index (χ0n) is 5.58. The SMILES string of the molecule is [Li][c]1cc(C)[nH]c1C. The first kappa shape index (κ1) is 6.00. The Morgan fingerprint density at radius 1 is 1.50 bits per heavy atom. The second-order valence-corrected chi connectivity index (χ2v) is 2.26. The summed E-state index contributed by atoms with van der Waals surface area (Å²) >= 11 is 2.11. The van der Waals surface area contributed by atoms with Crippen LogP contribution >= 0.6 is 0 Å². The minimum absolute atomic E-state index is 1.25. The molecule has 2 heteroatoms. The fraction of sp³-hybridized carbons (Fsp3) is 0.333. The van der Waals surface area contributed by atoms with Crippen LogP contribution in [0, 0.1) is 13.8 Å². The standard InChI is InChI=1S/C6H8N.Li/c1-5-3-4-6(2)7-5;/h3,7H,1-2H3;. The molecule has 0 aliphatic carbocycles. The Kier molecular flexibility index (Phi) is 1.51. The van der Waals surface area contributed by atoms with Crippen LogP contribution in [0.3, 0.4) is 0 Å². The summed E-state index contributed by atoms with van der Waals surface area (Å²) < 4.78 is 1.35. The predicted molar refractivity (Wildman–Crippen MR) is 35.7 cm³/mol. The summed E-state index contributed by atoms with van der Waals surface area (Å²) in [6, 6.07) is 2.15. The van der Waals surface area contributed by atoms with E-state index in [1.165, 1.54) is 15.6 Å². The zero-order chi connectivity index (χ0) is 6.15. The molecule has 1 nitrogen and oxygen atoms in total. The van der Waals surface area contributed by atoms with E-state index in [1.54, 1.807) is 0 Å². The molecule has 0 fully saturated rings. The van der Waals surface area contributed by atoms with E-state index in [0.717, 1.165) is 0 Å². The second kappa shape index (κ2) is 2.01. The van der Waals surface area contributed by atoms with Crippen molar-refractivity contribution in [3.8, 4) is 0 Å². The van der Waals surface area contributed by atoms with Crippen LogP contribution in [0.4, 0.5) is 0 Å². The third-order valence-corrected chi connectivity index (χ3v) is 1.41. The van der Waals surface area contributed by atoms with Gasteiger partial charge in [0, 0.05) is 0 Å². The predicted octanol–water partition coefficient (Wildman–Crippen LogP) is 0.425. The summed E-state index contributed by atoms with van der Waals surface area (Å²) in [5.74, 6) is 0. The molecule has 0 aromatic carbocycles. The molecule has 0 spiro atoms. The Morgan fingerprint density at radius 2 is 2.12 bits per heavy atom. The third kappa shape index (κ3) is 0.991. The molecule has 0 unspecified atom stereocenters. The van der Waals surface area contributed by atoms with Gasteiger partial charge < -0.3 is 0 Å². The summed E-state index contributed by atoms with van der Waals surface area (Å²) in [4.78, 5) is 3.21. The summed E-state index contributed by atoms with van der Waals surface area (Å²) in [6.07, 6.45) is 0. The fourth-order valence-corrected chi connectivity index (χ4v) is 0.863. The van der Waals surface area contributed by atoms with Crippen molar-refractivity contribution in [1.29, 1.82) is 0 Å². The first-order chi connectivity index (χ1) is 3.70. The molecular weight excluding hydrogens is 93.0 g/mol. The molecule has 38 valence electrons. The fourth-order valence-electron chi connectivity index (χ4n) is 0.863. The van der Waals surface area contributed by atoms with E-state index in [0.29, 0.717) is 0 Å². The van der Waals surface area contributed by atoms with Crippen LogP contribution in [0.5, 0.6) is 0 Å². The summed E-state index contributed by atoms with van der Waals surface area (Å²) in [5, 5.41) is 0. The molecule has 0 amide bonds. The van der Waals surface area contributed by atoms with Gasteiger partial charge in [-0.1, -0.05) is 0 Å². The van der Waals surface area contributed by atoms with Gasteiger partial charge in [0.05, 0.1) is 0 Å². The van der Waals surface area contributed by atoms with Crippen LogP contribution in [-0.4, -0.2) is 22.7 Å². The number of H-pyrrole nitrogens is 1. The van der Waals surface area contributed by atoms with E-state index in [-0.39, 0.29) is 0 Å². The first-order valence-corrected chi connectivity index (χ1v) is 2.83. The van der Waals surface area contributed by atoms with Gasteiger partial charge in [-0.05, 0) is 0 Å². The first-order valence-electron chi connectivity index (χ1n) is 2.83. The van der Waals surface area contributed by atoms with Crippen molar-refractivity contribution in [1.82, 2.24) is 4.98 Å². The molecule has 0 bridgehead atoms. The van der Waals surface area contributed by atoms with Gasteiger partial charge in [-0.25, -0.2) is 0 Å². The molecule has 1 rings (SSSR count). The molecule has 0 atom stereocenters. The van der Waals surface area contributed by atoms with Gasteiger partial charge in [-0.15, -0.1) is 0 Å². The maximum absolute atomic E-state index is 3.21. The van der Waals surface area contributed by atoms with Crippen molar-refractivity contribution >= 4 is 22.0 Å². The summed E-state index contributed by atoms with van der Waals surface area (Å²) in [6.45, 7) is 4.16. The molecule has 0 aliphatic rings.